The van der Waals surface area contributed by atoms with Crippen LogP contribution in [0, 0.1) is 5.92 Å². The monoisotopic (exact) mass is 309 g/mol. The van der Waals surface area contributed by atoms with Gasteiger partial charge in [0.15, 0.2) is 0 Å². The lowest BCUT2D eigenvalue weighted by Crippen LogP contribution is -2.41. The number of alkyl carbamates (subject to hydrolysis) is 1. The minimum Gasteiger partial charge on any atom is -0.444 e. The van der Waals surface area contributed by atoms with Gasteiger partial charge in [0, 0.05) is 25.6 Å². The Hall–Kier alpha value is -1.63. The van der Waals surface area contributed by atoms with E-state index < -0.39 is 5.60 Å². The average molecular weight is 309 g/mol. The molecule has 1 amide bonds. The number of nitrogens with one attached hydrogen (secondary N) is 3. The van der Waals surface area contributed by atoms with Gasteiger partial charge >= 0.3 is 6.09 Å². The molecule has 7 heteroatoms. The number of aromatic nitrogens is 3. The molecule has 1 aromatic rings. The first-order chi connectivity index (χ1) is 10.4. The lowest BCUT2D eigenvalue weighted by atomic mass is 10.0. The molecule has 1 aliphatic rings. The van der Waals surface area contributed by atoms with Crippen LogP contribution in [0.1, 0.15) is 45.9 Å². The summed E-state index contributed by atoms with van der Waals surface area (Å²) >= 11 is 0. The Morgan fingerprint density at radius 1 is 1.45 bits per heavy atom. The van der Waals surface area contributed by atoms with Crippen LogP contribution in [0.15, 0.2) is 6.33 Å². The number of H-pyrrole nitrogens is 1. The van der Waals surface area contributed by atoms with Crippen LogP contribution in [-0.2, 0) is 11.2 Å². The summed E-state index contributed by atoms with van der Waals surface area (Å²) < 4.78 is 5.27. The van der Waals surface area contributed by atoms with Crippen LogP contribution in [0.4, 0.5) is 4.79 Å². The Balaban J connectivity index is 1.68. The maximum Gasteiger partial charge on any atom is 0.407 e. The van der Waals surface area contributed by atoms with E-state index in [1.54, 1.807) is 0 Å². The molecule has 1 heterocycles. The minimum absolute atomic E-state index is 0.334. The lowest BCUT2D eigenvalue weighted by molar-refractivity contribution is 0.0517. The van der Waals surface area contributed by atoms with Crippen molar-refractivity contribution in [3.63, 3.8) is 0 Å². The normalized spacial score (nSPS) is 21.8. The highest BCUT2D eigenvalue weighted by Gasteiger charge is 2.27. The minimum atomic E-state index is -0.450. The number of nitrogens with zero attached hydrogens (tertiary/aromatic N) is 2. The van der Waals surface area contributed by atoms with Crippen molar-refractivity contribution in [2.75, 3.05) is 13.1 Å². The zero-order chi connectivity index (χ0) is 16.0. The molecule has 0 bridgehead atoms. The van der Waals surface area contributed by atoms with Crippen LogP contribution in [-0.4, -0.2) is 46.0 Å². The van der Waals surface area contributed by atoms with Gasteiger partial charge in [0.25, 0.3) is 0 Å². The number of carbonyl (C=O) groups is 1. The maximum absolute atomic E-state index is 11.7. The molecular weight excluding hydrogens is 282 g/mol. The molecule has 3 N–H and O–H groups in total. The molecule has 0 spiro atoms. The highest BCUT2D eigenvalue weighted by Crippen LogP contribution is 2.25. The van der Waals surface area contributed by atoms with Crippen molar-refractivity contribution in [2.45, 2.75) is 58.1 Å². The Morgan fingerprint density at radius 2 is 2.27 bits per heavy atom. The third-order valence-corrected chi connectivity index (χ3v) is 3.80. The number of aromatic amines is 1. The average Bonchev–Trinajstić information content (AvgIpc) is 3.06. The van der Waals surface area contributed by atoms with E-state index >= 15 is 0 Å². The van der Waals surface area contributed by atoms with Crippen molar-refractivity contribution in [2.24, 2.45) is 5.92 Å². The Bertz CT molecular complexity index is 455. The molecule has 124 valence electrons. The van der Waals surface area contributed by atoms with Gasteiger partial charge in [0.1, 0.15) is 17.8 Å². The van der Waals surface area contributed by atoms with E-state index in [0.29, 0.717) is 18.5 Å². The third kappa shape index (κ3) is 5.63. The van der Waals surface area contributed by atoms with Gasteiger partial charge in [0.2, 0.25) is 0 Å². The lowest BCUT2D eigenvalue weighted by Gasteiger charge is -2.23. The van der Waals surface area contributed by atoms with E-state index in [9.17, 15) is 4.79 Å². The first kappa shape index (κ1) is 16.7. The predicted octanol–water partition coefficient (Wildman–Crippen LogP) is 1.63. The quantitative estimate of drug-likeness (QED) is 0.743. The maximum atomic E-state index is 11.7. The largest absolute Gasteiger partial charge is 0.444 e. The van der Waals surface area contributed by atoms with E-state index in [2.05, 4.69) is 25.8 Å². The molecule has 0 aromatic carbocycles. The number of amides is 1. The van der Waals surface area contributed by atoms with Gasteiger partial charge in [-0.1, -0.05) is 6.42 Å². The molecule has 22 heavy (non-hydrogen) atoms. The zero-order valence-corrected chi connectivity index (χ0v) is 13.7. The second kappa shape index (κ2) is 7.58. The molecule has 1 saturated carbocycles. The van der Waals surface area contributed by atoms with Gasteiger partial charge < -0.3 is 15.4 Å². The van der Waals surface area contributed by atoms with E-state index in [4.69, 9.17) is 4.74 Å². The number of ether oxygens (including phenoxy) is 1. The third-order valence-electron chi connectivity index (χ3n) is 3.80. The summed E-state index contributed by atoms with van der Waals surface area (Å²) in [5.74, 6) is 1.36. The fourth-order valence-electron chi connectivity index (χ4n) is 2.81. The standard InChI is InChI=1S/C15H27N5O2/c1-15(2,3)22-14(21)17-9-11-5-4-6-12(11)16-8-7-13-18-10-19-20-13/h10-12,16H,4-9H2,1-3H3,(H,17,21)(H,18,19,20). The summed E-state index contributed by atoms with van der Waals surface area (Å²) in [7, 11) is 0. The fourth-order valence-corrected chi connectivity index (χ4v) is 2.81. The topological polar surface area (TPSA) is 91.9 Å². The molecule has 2 atom stereocenters. The molecule has 0 radical (unpaired) electrons. The van der Waals surface area contributed by atoms with Crippen LogP contribution in [0.5, 0.6) is 0 Å². The SMILES string of the molecule is CC(C)(C)OC(=O)NCC1CCCC1NCCc1ncn[nH]1. The van der Waals surface area contributed by atoms with Crippen molar-refractivity contribution in [1.29, 1.82) is 0 Å². The van der Waals surface area contributed by atoms with Crippen LogP contribution in [0.3, 0.4) is 0 Å². The molecule has 1 aromatic heterocycles. The van der Waals surface area contributed by atoms with E-state index in [1.807, 2.05) is 20.8 Å². The second-order valence-electron chi connectivity index (χ2n) is 6.82. The molecule has 2 unspecified atom stereocenters. The van der Waals surface area contributed by atoms with Crippen molar-refractivity contribution >= 4 is 6.09 Å². The molecule has 2 rings (SSSR count). The van der Waals surface area contributed by atoms with Crippen molar-refractivity contribution in [1.82, 2.24) is 25.8 Å². The Kier molecular flexibility index (Phi) is 5.76. The van der Waals surface area contributed by atoms with E-state index in [0.717, 1.165) is 31.6 Å². The van der Waals surface area contributed by atoms with Gasteiger partial charge in [0.05, 0.1) is 0 Å². The summed E-state index contributed by atoms with van der Waals surface area (Å²) in [4.78, 5) is 15.8. The first-order valence-corrected chi connectivity index (χ1v) is 7.98. The summed E-state index contributed by atoms with van der Waals surface area (Å²) in [6, 6.07) is 0.442. The van der Waals surface area contributed by atoms with Crippen molar-refractivity contribution < 1.29 is 9.53 Å². The number of hydrogen-bond acceptors (Lipinski definition) is 5. The Labute approximate surface area is 131 Å². The fraction of sp³-hybridized carbons (Fsp3) is 0.800. The first-order valence-electron chi connectivity index (χ1n) is 7.98. The van der Waals surface area contributed by atoms with Gasteiger partial charge in [-0.3, -0.25) is 5.10 Å². The number of rotatable bonds is 6. The highest BCUT2D eigenvalue weighted by atomic mass is 16.6. The van der Waals surface area contributed by atoms with Crippen LogP contribution in [0.2, 0.25) is 0 Å². The molecular formula is C15H27N5O2. The summed E-state index contributed by atoms with van der Waals surface area (Å²) in [5, 5.41) is 13.1. The van der Waals surface area contributed by atoms with Gasteiger partial charge in [-0.2, -0.15) is 5.10 Å². The van der Waals surface area contributed by atoms with Gasteiger partial charge in [-0.25, -0.2) is 9.78 Å². The van der Waals surface area contributed by atoms with Crippen LogP contribution < -0.4 is 10.6 Å². The van der Waals surface area contributed by atoms with E-state index in [1.165, 1.54) is 12.7 Å². The van der Waals surface area contributed by atoms with Crippen LogP contribution in [0.25, 0.3) is 0 Å². The Morgan fingerprint density at radius 3 is 2.95 bits per heavy atom. The predicted molar refractivity (Wildman–Crippen MR) is 83.5 cm³/mol. The number of hydrogen-bond donors (Lipinski definition) is 3. The zero-order valence-electron chi connectivity index (χ0n) is 13.7. The molecule has 1 fully saturated rings. The van der Waals surface area contributed by atoms with Gasteiger partial charge in [-0.15, -0.1) is 0 Å². The molecule has 7 nitrogen and oxygen atoms in total. The summed E-state index contributed by atoms with van der Waals surface area (Å²) in [5.41, 5.74) is -0.450. The summed E-state index contributed by atoms with van der Waals surface area (Å²) in [6.45, 7) is 7.14. The van der Waals surface area contributed by atoms with E-state index in [-0.39, 0.29) is 6.09 Å². The summed E-state index contributed by atoms with van der Waals surface area (Å²) in [6.07, 6.45) is 5.51. The highest BCUT2D eigenvalue weighted by molar-refractivity contribution is 5.67. The van der Waals surface area contributed by atoms with Crippen molar-refractivity contribution in [3.05, 3.63) is 12.2 Å². The molecule has 1 aliphatic carbocycles. The van der Waals surface area contributed by atoms with Gasteiger partial charge in [-0.05, 0) is 39.5 Å². The number of carbonyl (C=O) groups excluding carboxylic acids is 1. The second-order valence-corrected chi connectivity index (χ2v) is 6.82. The molecule has 0 saturated heterocycles. The van der Waals surface area contributed by atoms with Crippen LogP contribution >= 0.6 is 0 Å². The molecule has 0 aliphatic heterocycles. The van der Waals surface area contributed by atoms with Crippen molar-refractivity contribution in [3.8, 4) is 0 Å². The smallest absolute Gasteiger partial charge is 0.407 e.